The first kappa shape index (κ1) is 15.5. The zero-order valence-electron chi connectivity index (χ0n) is 12.5. The minimum Gasteiger partial charge on any atom is -0.496 e. The Morgan fingerprint density at radius 3 is 2.53 bits per heavy atom. The molecule has 0 bridgehead atoms. The van der Waals surface area contributed by atoms with Crippen LogP contribution in [0.5, 0.6) is 5.75 Å². The zero-order valence-corrected chi connectivity index (χ0v) is 12.5. The van der Waals surface area contributed by atoms with E-state index in [9.17, 15) is 4.79 Å². The minimum absolute atomic E-state index is 0.0134. The van der Waals surface area contributed by atoms with E-state index >= 15 is 0 Å². The summed E-state index contributed by atoms with van der Waals surface area (Å²) >= 11 is 0. The number of ether oxygens (including phenoxy) is 1. The third kappa shape index (κ3) is 3.96. The number of carbonyl (C=O) groups excluding carboxylic acids is 1. The van der Waals surface area contributed by atoms with Crippen molar-refractivity contribution < 1.29 is 9.53 Å². The molecular weight excluding hydrogens is 240 g/mol. The molecule has 0 spiro atoms. The van der Waals surface area contributed by atoms with Gasteiger partial charge in [0.25, 0.3) is 0 Å². The Hall–Kier alpha value is -1.55. The largest absolute Gasteiger partial charge is 0.496 e. The molecule has 0 saturated heterocycles. The summed E-state index contributed by atoms with van der Waals surface area (Å²) in [6.07, 6.45) is 0.354. The van der Waals surface area contributed by atoms with Gasteiger partial charge in [-0.3, -0.25) is 4.79 Å². The molecule has 0 heterocycles. The van der Waals surface area contributed by atoms with Crippen LogP contribution in [0.4, 0.5) is 0 Å². The van der Waals surface area contributed by atoms with Crippen LogP contribution in [-0.4, -0.2) is 19.1 Å². The maximum Gasteiger partial charge on any atom is 0.221 e. The van der Waals surface area contributed by atoms with Crippen LogP contribution < -0.4 is 15.8 Å². The van der Waals surface area contributed by atoms with Gasteiger partial charge in [-0.1, -0.05) is 6.07 Å². The third-order valence-corrected chi connectivity index (χ3v) is 3.32. The van der Waals surface area contributed by atoms with E-state index in [2.05, 4.69) is 11.4 Å². The summed E-state index contributed by atoms with van der Waals surface area (Å²) in [4.78, 5) is 11.6. The fourth-order valence-corrected chi connectivity index (χ4v) is 2.20. The maximum absolute atomic E-state index is 11.6. The van der Waals surface area contributed by atoms with Crippen molar-refractivity contribution >= 4 is 5.91 Å². The van der Waals surface area contributed by atoms with E-state index in [1.165, 1.54) is 0 Å². The van der Waals surface area contributed by atoms with Crippen molar-refractivity contribution in [3.05, 3.63) is 28.3 Å². The normalized spacial score (nSPS) is 12.1. The maximum atomic E-state index is 11.6. The number of nitrogens with one attached hydrogen (secondary N) is 1. The zero-order chi connectivity index (χ0) is 14.6. The molecule has 106 valence electrons. The lowest BCUT2D eigenvalue weighted by Gasteiger charge is -2.16. The summed E-state index contributed by atoms with van der Waals surface area (Å²) < 4.78 is 5.39. The van der Waals surface area contributed by atoms with Gasteiger partial charge in [0, 0.05) is 19.0 Å². The van der Waals surface area contributed by atoms with Crippen molar-refractivity contribution in [3.8, 4) is 5.75 Å². The Kier molecular flexibility index (Phi) is 5.36. The van der Waals surface area contributed by atoms with E-state index in [1.54, 1.807) is 7.11 Å². The lowest BCUT2D eigenvalue weighted by molar-refractivity contribution is -0.121. The Labute approximate surface area is 115 Å². The van der Waals surface area contributed by atoms with Gasteiger partial charge >= 0.3 is 0 Å². The molecule has 19 heavy (non-hydrogen) atoms. The number of methoxy groups -OCH3 is 1. The van der Waals surface area contributed by atoms with Gasteiger partial charge in [0.05, 0.1) is 7.11 Å². The Balaban J connectivity index is 2.83. The number of hydrogen-bond donors (Lipinski definition) is 2. The number of benzene rings is 1. The van der Waals surface area contributed by atoms with Gasteiger partial charge in [-0.2, -0.15) is 0 Å². The molecule has 0 aliphatic rings. The smallest absolute Gasteiger partial charge is 0.221 e. The molecule has 1 amide bonds. The topological polar surface area (TPSA) is 64.3 Å². The summed E-state index contributed by atoms with van der Waals surface area (Å²) in [7, 11) is 1.68. The van der Waals surface area contributed by atoms with E-state index in [0.717, 1.165) is 28.0 Å². The number of aryl methyl sites for hydroxylation is 1. The molecular formula is C15H24N2O2. The SMILES string of the molecule is COc1c(C)cc(CNC(=O)CC(C)N)c(C)c1C. The molecule has 0 saturated carbocycles. The molecule has 1 unspecified atom stereocenters. The number of carbonyl (C=O) groups is 1. The van der Waals surface area contributed by atoms with Gasteiger partial charge in [0.2, 0.25) is 5.91 Å². The second kappa shape index (κ2) is 6.57. The van der Waals surface area contributed by atoms with Crippen LogP contribution in [0.2, 0.25) is 0 Å². The predicted octanol–water partition coefficient (Wildman–Crippen LogP) is 1.97. The molecule has 1 rings (SSSR count). The van der Waals surface area contributed by atoms with Crippen LogP contribution in [0.3, 0.4) is 0 Å². The molecule has 0 radical (unpaired) electrons. The van der Waals surface area contributed by atoms with Crippen molar-refractivity contribution in [2.75, 3.05) is 7.11 Å². The standard InChI is InChI=1S/C15H24N2O2/c1-9-6-13(8-17-14(18)7-10(2)16)11(3)12(4)15(9)19-5/h6,10H,7-8,16H2,1-5H3,(H,17,18). The third-order valence-electron chi connectivity index (χ3n) is 3.32. The second-order valence-electron chi connectivity index (χ2n) is 5.09. The summed E-state index contributed by atoms with van der Waals surface area (Å²) in [5.41, 5.74) is 10.1. The van der Waals surface area contributed by atoms with E-state index < -0.39 is 0 Å². The monoisotopic (exact) mass is 264 g/mol. The molecule has 0 fully saturated rings. The minimum atomic E-state index is -0.111. The van der Waals surface area contributed by atoms with Crippen molar-refractivity contribution in [2.24, 2.45) is 5.73 Å². The summed E-state index contributed by atoms with van der Waals surface area (Å²) in [5.74, 6) is 0.906. The molecule has 4 heteroatoms. The van der Waals surface area contributed by atoms with Gasteiger partial charge < -0.3 is 15.8 Å². The Morgan fingerprint density at radius 1 is 1.37 bits per heavy atom. The van der Waals surface area contributed by atoms with Crippen molar-refractivity contribution in [3.63, 3.8) is 0 Å². The van der Waals surface area contributed by atoms with Crippen LogP contribution in [0, 0.1) is 20.8 Å². The lowest BCUT2D eigenvalue weighted by atomic mass is 9.98. The first-order valence-corrected chi connectivity index (χ1v) is 6.52. The average molecular weight is 264 g/mol. The summed E-state index contributed by atoms with van der Waals surface area (Å²) in [6.45, 7) is 8.45. The van der Waals surface area contributed by atoms with Gasteiger partial charge in [0.15, 0.2) is 0 Å². The van der Waals surface area contributed by atoms with Crippen molar-refractivity contribution in [1.82, 2.24) is 5.32 Å². The van der Waals surface area contributed by atoms with Crippen LogP contribution >= 0.6 is 0 Å². The highest BCUT2D eigenvalue weighted by Gasteiger charge is 2.11. The number of rotatable bonds is 5. The van der Waals surface area contributed by atoms with E-state index in [0.29, 0.717) is 13.0 Å². The van der Waals surface area contributed by atoms with E-state index in [-0.39, 0.29) is 11.9 Å². The van der Waals surface area contributed by atoms with E-state index in [1.807, 2.05) is 27.7 Å². The van der Waals surface area contributed by atoms with Gasteiger partial charge in [-0.25, -0.2) is 0 Å². The molecule has 3 N–H and O–H groups in total. The first-order valence-electron chi connectivity index (χ1n) is 6.52. The highest BCUT2D eigenvalue weighted by atomic mass is 16.5. The van der Waals surface area contributed by atoms with Gasteiger partial charge in [-0.05, 0) is 49.9 Å². The van der Waals surface area contributed by atoms with E-state index in [4.69, 9.17) is 10.5 Å². The highest BCUT2D eigenvalue weighted by Crippen LogP contribution is 2.28. The number of amides is 1. The van der Waals surface area contributed by atoms with Crippen LogP contribution in [0.1, 0.15) is 35.6 Å². The van der Waals surface area contributed by atoms with Gasteiger partial charge in [0.1, 0.15) is 5.75 Å². The highest BCUT2D eigenvalue weighted by molar-refractivity contribution is 5.76. The quantitative estimate of drug-likeness (QED) is 0.854. The predicted molar refractivity (Wildman–Crippen MR) is 77.3 cm³/mol. The van der Waals surface area contributed by atoms with Crippen LogP contribution in [0.25, 0.3) is 0 Å². The van der Waals surface area contributed by atoms with Crippen LogP contribution in [-0.2, 0) is 11.3 Å². The first-order chi connectivity index (χ1) is 8.86. The van der Waals surface area contributed by atoms with Gasteiger partial charge in [-0.15, -0.1) is 0 Å². The molecule has 1 aromatic rings. The Bertz CT molecular complexity index is 468. The van der Waals surface area contributed by atoms with Crippen LogP contribution in [0.15, 0.2) is 6.07 Å². The van der Waals surface area contributed by atoms with Crippen molar-refractivity contribution in [1.29, 1.82) is 0 Å². The Morgan fingerprint density at radius 2 is 2.00 bits per heavy atom. The number of hydrogen-bond acceptors (Lipinski definition) is 3. The average Bonchev–Trinajstić information content (AvgIpc) is 2.32. The molecule has 4 nitrogen and oxygen atoms in total. The molecule has 0 aromatic heterocycles. The van der Waals surface area contributed by atoms with Crippen molar-refractivity contribution in [2.45, 2.75) is 46.7 Å². The lowest BCUT2D eigenvalue weighted by Crippen LogP contribution is -2.29. The fraction of sp³-hybridized carbons (Fsp3) is 0.533. The second-order valence-corrected chi connectivity index (χ2v) is 5.09. The molecule has 1 atom stereocenters. The molecule has 0 aliphatic carbocycles. The summed E-state index contributed by atoms with van der Waals surface area (Å²) in [6, 6.07) is 1.95. The summed E-state index contributed by atoms with van der Waals surface area (Å²) in [5, 5.41) is 2.90. The molecule has 1 aromatic carbocycles. The molecule has 0 aliphatic heterocycles. The number of nitrogens with two attached hydrogens (primary N) is 1. The fourth-order valence-electron chi connectivity index (χ4n) is 2.20.